The number of rotatable bonds is 5. The predicted molar refractivity (Wildman–Crippen MR) is 38.2 cm³/mol. The summed E-state index contributed by atoms with van der Waals surface area (Å²) in [6.45, 7) is 0. The van der Waals surface area contributed by atoms with E-state index in [9.17, 15) is 14.0 Å². The first-order valence-electron chi connectivity index (χ1n) is 3.43. The number of aliphatic hydroxyl groups excluding tert-OH is 3. The van der Waals surface area contributed by atoms with Crippen LogP contribution in [0.3, 0.4) is 0 Å². The summed E-state index contributed by atoms with van der Waals surface area (Å²) in [6.07, 6.45) is -10.2. The maximum Gasteiger partial charge on any atom is 0.341 e. The number of halogens is 1. The van der Waals surface area contributed by atoms with Gasteiger partial charge in [0.15, 0.2) is 6.10 Å². The Bertz CT molecular complexity index is 206. The van der Waals surface area contributed by atoms with E-state index in [1.807, 2.05) is 0 Å². The first kappa shape index (κ1) is 12.8. The highest BCUT2D eigenvalue weighted by atomic mass is 18.2. The second kappa shape index (κ2) is 4.84. The van der Waals surface area contributed by atoms with E-state index in [0.29, 0.717) is 0 Å². The summed E-state index contributed by atoms with van der Waals surface area (Å²) in [6, 6.07) is 0. The van der Waals surface area contributed by atoms with Gasteiger partial charge < -0.3 is 25.5 Å². The van der Waals surface area contributed by atoms with E-state index in [0.717, 1.165) is 0 Å². The molecule has 0 fully saturated rings. The molecule has 14 heavy (non-hydrogen) atoms. The highest BCUT2D eigenvalue weighted by Gasteiger charge is 2.38. The van der Waals surface area contributed by atoms with E-state index in [1.54, 1.807) is 0 Å². The Morgan fingerprint density at radius 3 is 1.64 bits per heavy atom. The fraction of sp³-hybridized carbons (Fsp3) is 0.667. The average Bonchev–Trinajstić information content (AvgIpc) is 2.12. The molecular weight excluding hydrogens is 202 g/mol. The fourth-order valence-electron chi connectivity index (χ4n) is 0.652. The van der Waals surface area contributed by atoms with Crippen LogP contribution in [0.25, 0.3) is 0 Å². The summed E-state index contributed by atoms with van der Waals surface area (Å²) in [7, 11) is 0. The lowest BCUT2D eigenvalue weighted by atomic mass is 10.0. The Morgan fingerprint density at radius 2 is 1.36 bits per heavy atom. The number of aliphatic hydroxyl groups is 3. The first-order chi connectivity index (χ1) is 6.29. The Morgan fingerprint density at radius 1 is 0.929 bits per heavy atom. The number of hydrogen-bond donors (Lipinski definition) is 5. The molecule has 0 spiro atoms. The van der Waals surface area contributed by atoms with Crippen molar-refractivity contribution >= 4 is 11.9 Å². The second-order valence-corrected chi connectivity index (χ2v) is 2.50. The first-order valence-corrected chi connectivity index (χ1v) is 3.43. The zero-order chi connectivity index (χ0) is 11.5. The zero-order valence-electron chi connectivity index (χ0n) is 6.74. The number of carboxylic acid groups (broad SMARTS) is 2. The molecule has 0 heterocycles. The largest absolute Gasteiger partial charge is 0.479 e. The number of carboxylic acids is 2. The average molecular weight is 211 g/mol. The van der Waals surface area contributed by atoms with Crippen LogP contribution in [0, 0.1) is 0 Å². The van der Waals surface area contributed by atoms with E-state index in [-0.39, 0.29) is 0 Å². The van der Waals surface area contributed by atoms with Gasteiger partial charge in [0.25, 0.3) is 0 Å². The third-order valence-electron chi connectivity index (χ3n) is 1.46. The molecule has 0 rings (SSSR count). The van der Waals surface area contributed by atoms with E-state index >= 15 is 0 Å². The Labute approximate surface area is 77.0 Å². The van der Waals surface area contributed by atoms with Crippen molar-refractivity contribution in [3.05, 3.63) is 0 Å². The smallest absolute Gasteiger partial charge is 0.341 e. The Hall–Kier alpha value is -1.25. The number of aliphatic carboxylic acids is 2. The van der Waals surface area contributed by atoms with Crippen molar-refractivity contribution in [2.45, 2.75) is 24.5 Å². The Balaban J connectivity index is 4.45. The summed E-state index contributed by atoms with van der Waals surface area (Å²) < 4.78 is 12.5. The van der Waals surface area contributed by atoms with Crippen LogP contribution in [0.1, 0.15) is 0 Å². The maximum absolute atomic E-state index is 12.5. The number of carbonyl (C=O) groups is 2. The minimum atomic E-state index is -2.86. The molecule has 7 nitrogen and oxygen atoms in total. The summed E-state index contributed by atoms with van der Waals surface area (Å²) in [4.78, 5) is 20.0. The van der Waals surface area contributed by atoms with Crippen LogP contribution < -0.4 is 0 Å². The summed E-state index contributed by atoms with van der Waals surface area (Å²) in [5.74, 6) is -3.96. The summed E-state index contributed by atoms with van der Waals surface area (Å²) in [5, 5.41) is 42.3. The van der Waals surface area contributed by atoms with Crippen LogP contribution in [0.4, 0.5) is 4.39 Å². The molecule has 82 valence electrons. The molecule has 0 saturated heterocycles. The molecule has 0 saturated carbocycles. The second-order valence-electron chi connectivity index (χ2n) is 2.50. The maximum atomic E-state index is 12.5. The van der Waals surface area contributed by atoms with Gasteiger partial charge in [-0.25, -0.2) is 14.0 Å². The fourth-order valence-corrected chi connectivity index (χ4v) is 0.652. The van der Waals surface area contributed by atoms with Crippen molar-refractivity contribution in [2.75, 3.05) is 0 Å². The molecule has 0 aliphatic heterocycles. The van der Waals surface area contributed by atoms with Gasteiger partial charge in [-0.1, -0.05) is 0 Å². The SMILES string of the molecule is O=C(O)[C@@H](O)[C@@H](O)[C@H](O)[C@@H]([18F])C(=O)O. The van der Waals surface area contributed by atoms with Gasteiger partial charge in [0.2, 0.25) is 6.17 Å². The van der Waals surface area contributed by atoms with Crippen molar-refractivity contribution in [3.8, 4) is 0 Å². The summed E-state index contributed by atoms with van der Waals surface area (Å²) >= 11 is 0. The lowest BCUT2D eigenvalue weighted by Gasteiger charge is -2.20. The highest BCUT2D eigenvalue weighted by Crippen LogP contribution is 2.08. The van der Waals surface area contributed by atoms with Gasteiger partial charge in [-0.15, -0.1) is 0 Å². The molecule has 0 aromatic carbocycles. The van der Waals surface area contributed by atoms with Crippen molar-refractivity contribution in [2.24, 2.45) is 0 Å². The molecular formula is C6H9FO7. The minimum absolute atomic E-state index is 1.89. The van der Waals surface area contributed by atoms with Crippen LogP contribution in [0.5, 0.6) is 0 Å². The van der Waals surface area contributed by atoms with Gasteiger partial charge in [0, 0.05) is 0 Å². The van der Waals surface area contributed by atoms with Crippen molar-refractivity contribution in [3.63, 3.8) is 0 Å². The number of alkyl halides is 1. The van der Waals surface area contributed by atoms with E-state index in [4.69, 9.17) is 25.5 Å². The topological polar surface area (TPSA) is 135 Å². The van der Waals surface area contributed by atoms with Crippen LogP contribution >= 0.6 is 0 Å². The van der Waals surface area contributed by atoms with E-state index in [1.165, 1.54) is 0 Å². The summed E-state index contributed by atoms with van der Waals surface area (Å²) in [5.41, 5.74) is 0. The van der Waals surface area contributed by atoms with Gasteiger partial charge in [0.05, 0.1) is 0 Å². The zero-order valence-corrected chi connectivity index (χ0v) is 6.74. The van der Waals surface area contributed by atoms with Crippen LogP contribution in [0.2, 0.25) is 0 Å². The lowest BCUT2D eigenvalue weighted by Crippen LogP contribution is -2.48. The van der Waals surface area contributed by atoms with Crippen LogP contribution in [0.15, 0.2) is 0 Å². The Kier molecular flexibility index (Phi) is 4.41. The quantitative estimate of drug-likeness (QED) is 0.341. The van der Waals surface area contributed by atoms with Gasteiger partial charge in [0.1, 0.15) is 12.2 Å². The van der Waals surface area contributed by atoms with Crippen molar-refractivity contribution in [1.82, 2.24) is 0 Å². The van der Waals surface area contributed by atoms with Crippen LogP contribution in [-0.2, 0) is 9.59 Å². The molecule has 4 atom stereocenters. The molecule has 0 aromatic rings. The van der Waals surface area contributed by atoms with E-state index < -0.39 is 36.4 Å². The van der Waals surface area contributed by atoms with Gasteiger partial charge in [-0.3, -0.25) is 0 Å². The molecule has 8 heteroatoms. The third kappa shape index (κ3) is 2.91. The van der Waals surface area contributed by atoms with Gasteiger partial charge in [-0.05, 0) is 0 Å². The molecule has 0 aliphatic carbocycles. The molecule has 0 amide bonds. The van der Waals surface area contributed by atoms with Gasteiger partial charge >= 0.3 is 11.9 Å². The molecule has 0 aromatic heterocycles. The third-order valence-corrected chi connectivity index (χ3v) is 1.46. The molecule has 5 N–H and O–H groups in total. The van der Waals surface area contributed by atoms with Crippen LogP contribution in [-0.4, -0.2) is 62.0 Å². The minimum Gasteiger partial charge on any atom is -0.479 e. The normalized spacial score (nSPS) is 19.4. The van der Waals surface area contributed by atoms with E-state index in [2.05, 4.69) is 0 Å². The predicted octanol–water partition coefficient (Wildman–Crippen LogP) is -2.42. The van der Waals surface area contributed by atoms with Gasteiger partial charge in [-0.2, -0.15) is 0 Å². The standard InChI is InChI=1S/C6H9FO7/c7-1(5(11)12)2(8)3(9)4(10)6(13)14/h1-4,8-10H,(H,11,12)(H,13,14)/t1-,2-,3+,4+/m1/s1/i7-1. The molecule has 0 unspecified atom stereocenters. The molecule has 0 bridgehead atoms. The highest BCUT2D eigenvalue weighted by molar-refractivity contribution is 5.75. The number of hydrogen-bond acceptors (Lipinski definition) is 5. The monoisotopic (exact) mass is 211 g/mol. The van der Waals surface area contributed by atoms with Crippen molar-refractivity contribution < 1.29 is 39.5 Å². The van der Waals surface area contributed by atoms with Crippen molar-refractivity contribution in [1.29, 1.82) is 0 Å². The molecule has 0 radical (unpaired) electrons. The molecule has 0 aliphatic rings. The lowest BCUT2D eigenvalue weighted by molar-refractivity contribution is -0.167.